The molecule has 0 aliphatic heterocycles. The van der Waals surface area contributed by atoms with E-state index in [1.165, 1.54) is 5.56 Å². The Kier molecular flexibility index (Phi) is 7.27. The summed E-state index contributed by atoms with van der Waals surface area (Å²) in [5.41, 5.74) is 2.41. The third-order valence-electron chi connectivity index (χ3n) is 5.66. The maximum Gasteiger partial charge on any atom is 0.119 e. The van der Waals surface area contributed by atoms with E-state index >= 15 is 0 Å². The van der Waals surface area contributed by atoms with Crippen LogP contribution in [0, 0.1) is 11.3 Å². The standard InChI is InChI=1S/C27H30N2O/c1-4-26(22-11-7-5-8-12-22)27(21-28,23-13-9-6-10-14-23)24-15-17-25(18-16-24)30-20-19-29(2)3/h5-18,26H,4,19-20H2,1-3H3. The zero-order chi connectivity index (χ0) is 21.4. The molecule has 0 spiro atoms. The van der Waals surface area contributed by atoms with E-state index in [0.29, 0.717) is 6.61 Å². The summed E-state index contributed by atoms with van der Waals surface area (Å²) in [4.78, 5) is 2.09. The highest BCUT2D eigenvalue weighted by Gasteiger charge is 2.42. The normalized spacial score (nSPS) is 14.0. The number of nitriles is 1. The van der Waals surface area contributed by atoms with E-state index in [9.17, 15) is 5.26 Å². The molecular formula is C27H30N2O. The van der Waals surface area contributed by atoms with E-state index in [1.54, 1.807) is 0 Å². The number of rotatable bonds is 9. The lowest BCUT2D eigenvalue weighted by molar-refractivity contribution is 0.261. The van der Waals surface area contributed by atoms with Crippen LogP contribution in [-0.4, -0.2) is 32.1 Å². The molecule has 0 heterocycles. The Labute approximate surface area is 180 Å². The first-order chi connectivity index (χ1) is 14.6. The number of hydrogen-bond donors (Lipinski definition) is 0. The van der Waals surface area contributed by atoms with Gasteiger partial charge in [-0.15, -0.1) is 0 Å². The van der Waals surface area contributed by atoms with Crippen molar-refractivity contribution >= 4 is 0 Å². The largest absolute Gasteiger partial charge is 0.492 e. The molecule has 0 radical (unpaired) electrons. The first-order valence-corrected chi connectivity index (χ1v) is 10.5. The summed E-state index contributed by atoms with van der Waals surface area (Å²) < 4.78 is 5.87. The molecule has 3 nitrogen and oxygen atoms in total. The molecule has 3 heteroatoms. The van der Waals surface area contributed by atoms with Crippen LogP contribution in [0.15, 0.2) is 84.9 Å². The Morgan fingerprint density at radius 3 is 1.97 bits per heavy atom. The van der Waals surface area contributed by atoms with Crippen molar-refractivity contribution in [2.45, 2.75) is 24.7 Å². The lowest BCUT2D eigenvalue weighted by Gasteiger charge is -2.36. The van der Waals surface area contributed by atoms with Gasteiger partial charge < -0.3 is 9.64 Å². The lowest BCUT2D eigenvalue weighted by atomic mass is 9.63. The number of likely N-dealkylation sites (N-methyl/N-ethyl adjacent to an activating group) is 1. The molecule has 0 saturated heterocycles. The minimum atomic E-state index is -0.778. The molecule has 0 bridgehead atoms. The summed E-state index contributed by atoms with van der Waals surface area (Å²) in [6.45, 7) is 3.65. The van der Waals surface area contributed by atoms with Crippen LogP contribution < -0.4 is 4.74 Å². The molecule has 30 heavy (non-hydrogen) atoms. The molecule has 0 amide bonds. The van der Waals surface area contributed by atoms with Crippen molar-refractivity contribution in [2.75, 3.05) is 27.2 Å². The van der Waals surface area contributed by atoms with Crippen molar-refractivity contribution < 1.29 is 4.74 Å². The molecule has 0 N–H and O–H groups in total. The molecule has 154 valence electrons. The van der Waals surface area contributed by atoms with Crippen LogP contribution in [0.2, 0.25) is 0 Å². The smallest absolute Gasteiger partial charge is 0.119 e. The van der Waals surface area contributed by atoms with Crippen molar-refractivity contribution in [1.82, 2.24) is 4.90 Å². The Bertz CT molecular complexity index is 946. The monoisotopic (exact) mass is 398 g/mol. The zero-order valence-electron chi connectivity index (χ0n) is 18.1. The molecule has 3 aromatic carbocycles. The van der Waals surface area contributed by atoms with Crippen LogP contribution in [0.5, 0.6) is 5.75 Å². The van der Waals surface area contributed by atoms with Gasteiger partial charge in [0.15, 0.2) is 0 Å². The van der Waals surface area contributed by atoms with Gasteiger partial charge in [0.1, 0.15) is 17.8 Å². The van der Waals surface area contributed by atoms with Gasteiger partial charge in [0.05, 0.1) is 6.07 Å². The number of nitrogens with zero attached hydrogens (tertiary/aromatic N) is 2. The van der Waals surface area contributed by atoms with Gasteiger partial charge in [-0.3, -0.25) is 0 Å². The van der Waals surface area contributed by atoms with Crippen molar-refractivity contribution in [3.63, 3.8) is 0 Å². The van der Waals surface area contributed by atoms with Gasteiger partial charge in [-0.2, -0.15) is 5.26 Å². The summed E-state index contributed by atoms with van der Waals surface area (Å²) in [6, 6.07) is 31.3. The molecule has 2 atom stereocenters. The fraction of sp³-hybridized carbons (Fsp3) is 0.296. The van der Waals surface area contributed by atoms with Crippen molar-refractivity contribution in [1.29, 1.82) is 5.26 Å². The predicted octanol–water partition coefficient (Wildman–Crippen LogP) is 5.63. The summed E-state index contributed by atoms with van der Waals surface area (Å²) in [7, 11) is 4.06. The maximum atomic E-state index is 10.6. The third kappa shape index (κ3) is 4.56. The Morgan fingerprint density at radius 2 is 1.43 bits per heavy atom. The molecule has 0 aliphatic rings. The van der Waals surface area contributed by atoms with Crippen molar-refractivity contribution in [3.05, 3.63) is 102 Å². The summed E-state index contributed by atoms with van der Waals surface area (Å²) in [5.74, 6) is 0.861. The quantitative estimate of drug-likeness (QED) is 0.469. The first-order valence-electron chi connectivity index (χ1n) is 10.5. The van der Waals surface area contributed by atoms with Gasteiger partial charge in [-0.1, -0.05) is 79.7 Å². The van der Waals surface area contributed by atoms with Crippen LogP contribution in [0.3, 0.4) is 0 Å². The predicted molar refractivity (Wildman–Crippen MR) is 123 cm³/mol. The van der Waals surface area contributed by atoms with Crippen LogP contribution in [0.1, 0.15) is 36.0 Å². The average Bonchev–Trinajstić information content (AvgIpc) is 2.79. The molecule has 3 rings (SSSR count). The molecule has 0 saturated carbocycles. The van der Waals surface area contributed by atoms with Crippen molar-refractivity contribution in [2.24, 2.45) is 0 Å². The SMILES string of the molecule is CCC(c1ccccc1)C(C#N)(c1ccccc1)c1ccc(OCCN(C)C)cc1. The van der Waals surface area contributed by atoms with E-state index in [1.807, 2.05) is 74.8 Å². The highest BCUT2D eigenvalue weighted by atomic mass is 16.5. The number of ether oxygens (including phenoxy) is 1. The second-order valence-electron chi connectivity index (χ2n) is 7.83. The van der Waals surface area contributed by atoms with Crippen LogP contribution >= 0.6 is 0 Å². The summed E-state index contributed by atoms with van der Waals surface area (Å²) >= 11 is 0. The van der Waals surface area contributed by atoms with Crippen LogP contribution in [0.4, 0.5) is 0 Å². The second kappa shape index (κ2) is 10.1. The molecule has 0 aromatic heterocycles. The van der Waals surface area contributed by atoms with Gasteiger partial charge in [-0.05, 0) is 49.3 Å². The van der Waals surface area contributed by atoms with Crippen molar-refractivity contribution in [3.8, 4) is 11.8 Å². The third-order valence-corrected chi connectivity index (χ3v) is 5.66. The van der Waals surface area contributed by atoms with E-state index in [0.717, 1.165) is 29.8 Å². The Hall–Kier alpha value is -3.09. The van der Waals surface area contributed by atoms with Crippen LogP contribution in [-0.2, 0) is 5.41 Å². The first kappa shape index (κ1) is 21.6. The van der Waals surface area contributed by atoms with Gasteiger partial charge in [0, 0.05) is 12.5 Å². The maximum absolute atomic E-state index is 10.6. The van der Waals surface area contributed by atoms with E-state index < -0.39 is 5.41 Å². The average molecular weight is 399 g/mol. The lowest BCUT2D eigenvalue weighted by Crippen LogP contribution is -2.33. The van der Waals surface area contributed by atoms with Gasteiger partial charge >= 0.3 is 0 Å². The second-order valence-corrected chi connectivity index (χ2v) is 7.83. The highest BCUT2D eigenvalue weighted by Crippen LogP contribution is 2.46. The van der Waals surface area contributed by atoms with Gasteiger partial charge in [0.2, 0.25) is 0 Å². The van der Waals surface area contributed by atoms with Gasteiger partial charge in [-0.25, -0.2) is 0 Å². The fourth-order valence-corrected chi connectivity index (χ4v) is 4.11. The summed E-state index contributed by atoms with van der Waals surface area (Å²) in [5, 5.41) is 10.6. The molecule has 0 aliphatic carbocycles. The zero-order valence-corrected chi connectivity index (χ0v) is 18.1. The van der Waals surface area contributed by atoms with E-state index in [2.05, 4.69) is 42.2 Å². The molecular weight excluding hydrogens is 368 g/mol. The topological polar surface area (TPSA) is 36.3 Å². The Balaban J connectivity index is 2.05. The molecule has 0 fully saturated rings. The minimum Gasteiger partial charge on any atom is -0.492 e. The molecule has 3 aromatic rings. The molecule has 2 unspecified atom stereocenters. The summed E-state index contributed by atoms with van der Waals surface area (Å²) in [6.07, 6.45) is 0.855. The number of benzene rings is 3. The van der Waals surface area contributed by atoms with E-state index in [-0.39, 0.29) is 5.92 Å². The Morgan fingerprint density at radius 1 is 0.867 bits per heavy atom. The minimum absolute atomic E-state index is 0.0339. The fourth-order valence-electron chi connectivity index (χ4n) is 4.11. The number of hydrogen-bond acceptors (Lipinski definition) is 3. The van der Waals surface area contributed by atoms with Gasteiger partial charge in [0.25, 0.3) is 0 Å². The van der Waals surface area contributed by atoms with Crippen LogP contribution in [0.25, 0.3) is 0 Å². The highest BCUT2D eigenvalue weighted by molar-refractivity contribution is 5.51. The van der Waals surface area contributed by atoms with E-state index in [4.69, 9.17) is 4.74 Å².